The van der Waals surface area contributed by atoms with Gasteiger partial charge in [0.05, 0.1) is 12.1 Å². The molecule has 0 saturated carbocycles. The Balaban J connectivity index is 1.64. The van der Waals surface area contributed by atoms with Crippen LogP contribution in [0.25, 0.3) is 11.0 Å². The molecule has 5 heteroatoms. The number of esters is 1. The van der Waals surface area contributed by atoms with Gasteiger partial charge in [-0.3, -0.25) is 9.48 Å². The highest BCUT2D eigenvalue weighted by atomic mass is 16.5. The van der Waals surface area contributed by atoms with Crippen molar-refractivity contribution in [1.82, 2.24) is 9.78 Å². The first-order chi connectivity index (χ1) is 10.5. The average Bonchev–Trinajstić information content (AvgIpc) is 3.01. The molecule has 3 rings (SSSR count). The number of aromatic nitrogens is 2. The zero-order chi connectivity index (χ0) is 15.7. The van der Waals surface area contributed by atoms with E-state index in [4.69, 9.17) is 9.15 Å². The Bertz CT molecular complexity index is 797. The molecule has 0 amide bonds. The minimum Gasteiger partial charge on any atom is -0.457 e. The van der Waals surface area contributed by atoms with Crippen LogP contribution in [0, 0.1) is 13.8 Å². The van der Waals surface area contributed by atoms with Crippen LogP contribution in [-0.2, 0) is 29.6 Å². The van der Waals surface area contributed by atoms with Gasteiger partial charge in [0.25, 0.3) is 0 Å². The van der Waals surface area contributed by atoms with Gasteiger partial charge < -0.3 is 9.15 Å². The lowest BCUT2D eigenvalue weighted by molar-refractivity contribution is -0.144. The van der Waals surface area contributed by atoms with E-state index in [0.717, 1.165) is 27.9 Å². The lowest BCUT2D eigenvalue weighted by atomic mass is 10.1. The van der Waals surface area contributed by atoms with E-state index in [2.05, 4.69) is 5.10 Å². The molecule has 0 atom stereocenters. The Morgan fingerprint density at radius 2 is 2.09 bits per heavy atom. The highest BCUT2D eigenvalue weighted by molar-refractivity contribution is 5.78. The van der Waals surface area contributed by atoms with Crippen molar-refractivity contribution < 1.29 is 13.9 Å². The molecule has 0 aliphatic rings. The van der Waals surface area contributed by atoms with Gasteiger partial charge in [0, 0.05) is 23.7 Å². The maximum atomic E-state index is 12.0. The molecule has 2 heterocycles. The zero-order valence-corrected chi connectivity index (χ0v) is 12.9. The number of benzene rings is 1. The molecule has 0 bridgehead atoms. The summed E-state index contributed by atoms with van der Waals surface area (Å²) in [7, 11) is 1.87. The van der Waals surface area contributed by atoms with E-state index >= 15 is 0 Å². The second-order valence-electron chi connectivity index (χ2n) is 5.36. The molecule has 0 aliphatic heterocycles. The van der Waals surface area contributed by atoms with Crippen molar-refractivity contribution in [2.24, 2.45) is 7.05 Å². The van der Waals surface area contributed by atoms with Crippen LogP contribution in [0.15, 0.2) is 34.7 Å². The maximum Gasteiger partial charge on any atom is 0.310 e. The molecule has 3 aromatic rings. The van der Waals surface area contributed by atoms with Gasteiger partial charge in [-0.2, -0.15) is 5.10 Å². The van der Waals surface area contributed by atoms with Crippen LogP contribution < -0.4 is 0 Å². The van der Waals surface area contributed by atoms with E-state index in [0.29, 0.717) is 5.76 Å². The minimum atomic E-state index is -0.278. The average molecular weight is 298 g/mol. The van der Waals surface area contributed by atoms with Gasteiger partial charge in [-0.05, 0) is 26.0 Å². The van der Waals surface area contributed by atoms with E-state index in [-0.39, 0.29) is 19.0 Å². The Morgan fingerprint density at radius 3 is 2.77 bits per heavy atom. The summed E-state index contributed by atoms with van der Waals surface area (Å²) >= 11 is 0. The van der Waals surface area contributed by atoms with Crippen LogP contribution in [0.5, 0.6) is 0 Å². The number of aryl methyl sites for hydroxylation is 2. The number of ether oxygens (including phenoxy) is 1. The highest BCUT2D eigenvalue weighted by Gasteiger charge is 2.15. The Hall–Kier alpha value is -2.56. The van der Waals surface area contributed by atoms with Gasteiger partial charge >= 0.3 is 5.97 Å². The first-order valence-electron chi connectivity index (χ1n) is 7.16. The molecule has 0 saturated heterocycles. The van der Waals surface area contributed by atoms with E-state index in [1.807, 2.05) is 51.2 Å². The molecule has 5 nitrogen and oxygen atoms in total. The molecule has 22 heavy (non-hydrogen) atoms. The molecule has 2 aromatic heterocycles. The third-order valence-corrected chi connectivity index (χ3v) is 3.83. The van der Waals surface area contributed by atoms with Gasteiger partial charge in [0.1, 0.15) is 18.0 Å². The first-order valence-corrected chi connectivity index (χ1v) is 7.16. The van der Waals surface area contributed by atoms with Crippen molar-refractivity contribution in [3.05, 3.63) is 53.0 Å². The van der Waals surface area contributed by atoms with Crippen LogP contribution in [-0.4, -0.2) is 15.7 Å². The van der Waals surface area contributed by atoms with Crippen molar-refractivity contribution in [2.75, 3.05) is 0 Å². The van der Waals surface area contributed by atoms with E-state index in [1.165, 1.54) is 0 Å². The number of carbonyl (C=O) groups excluding carboxylic acids is 1. The molecule has 1 aromatic carbocycles. The molecule has 114 valence electrons. The summed E-state index contributed by atoms with van der Waals surface area (Å²) in [6, 6.07) is 9.61. The third kappa shape index (κ3) is 2.74. The van der Waals surface area contributed by atoms with Crippen LogP contribution >= 0.6 is 0 Å². The van der Waals surface area contributed by atoms with Gasteiger partial charge in [0.2, 0.25) is 0 Å². The Morgan fingerprint density at radius 1 is 1.32 bits per heavy atom. The summed E-state index contributed by atoms with van der Waals surface area (Å²) in [5.41, 5.74) is 3.57. The number of hydrogen-bond acceptors (Lipinski definition) is 4. The first kappa shape index (κ1) is 14.4. The quantitative estimate of drug-likeness (QED) is 0.695. The second kappa shape index (κ2) is 5.67. The summed E-state index contributed by atoms with van der Waals surface area (Å²) in [6.07, 6.45) is 0.228. The molecule has 0 aliphatic carbocycles. The topological polar surface area (TPSA) is 57.3 Å². The fourth-order valence-corrected chi connectivity index (χ4v) is 2.53. The van der Waals surface area contributed by atoms with Crippen LogP contribution in [0.2, 0.25) is 0 Å². The molecular formula is C17H18N2O3. The molecule has 0 unspecified atom stereocenters. The van der Waals surface area contributed by atoms with Gasteiger partial charge in [0.15, 0.2) is 0 Å². The Labute approximate surface area is 128 Å². The predicted octanol–water partition coefficient (Wildman–Crippen LogP) is 3.07. The van der Waals surface area contributed by atoms with E-state index < -0.39 is 0 Å². The van der Waals surface area contributed by atoms with Crippen molar-refractivity contribution >= 4 is 16.9 Å². The molecule has 0 radical (unpaired) electrons. The number of rotatable bonds is 4. The zero-order valence-electron chi connectivity index (χ0n) is 12.9. The third-order valence-electron chi connectivity index (χ3n) is 3.83. The number of hydrogen-bond donors (Lipinski definition) is 0. The molecule has 0 fully saturated rings. The van der Waals surface area contributed by atoms with Crippen LogP contribution in [0.3, 0.4) is 0 Å². The van der Waals surface area contributed by atoms with Gasteiger partial charge in [-0.25, -0.2) is 0 Å². The number of carbonyl (C=O) groups is 1. The largest absolute Gasteiger partial charge is 0.457 e. The smallest absolute Gasteiger partial charge is 0.310 e. The van der Waals surface area contributed by atoms with E-state index in [9.17, 15) is 4.79 Å². The monoisotopic (exact) mass is 298 g/mol. The van der Waals surface area contributed by atoms with Crippen molar-refractivity contribution in [1.29, 1.82) is 0 Å². The maximum absolute atomic E-state index is 12.0. The number of nitrogens with zero attached hydrogens (tertiary/aromatic N) is 2. The normalized spacial score (nSPS) is 11.0. The van der Waals surface area contributed by atoms with Crippen molar-refractivity contribution in [3.8, 4) is 0 Å². The van der Waals surface area contributed by atoms with Crippen molar-refractivity contribution in [3.63, 3.8) is 0 Å². The number of fused-ring (bicyclic) bond motifs is 1. The highest BCUT2D eigenvalue weighted by Crippen LogP contribution is 2.20. The summed E-state index contributed by atoms with van der Waals surface area (Å²) in [5, 5.41) is 5.31. The summed E-state index contributed by atoms with van der Waals surface area (Å²) in [4.78, 5) is 12.0. The number of para-hydroxylation sites is 1. The summed E-state index contributed by atoms with van der Waals surface area (Å²) < 4.78 is 12.7. The second-order valence-corrected chi connectivity index (χ2v) is 5.36. The van der Waals surface area contributed by atoms with Gasteiger partial charge in [-0.15, -0.1) is 0 Å². The predicted molar refractivity (Wildman–Crippen MR) is 82.4 cm³/mol. The van der Waals surface area contributed by atoms with Crippen LogP contribution in [0.4, 0.5) is 0 Å². The molecule has 0 spiro atoms. The Kier molecular flexibility index (Phi) is 3.71. The van der Waals surface area contributed by atoms with Crippen molar-refractivity contribution in [2.45, 2.75) is 26.9 Å². The van der Waals surface area contributed by atoms with Gasteiger partial charge in [-0.1, -0.05) is 18.2 Å². The summed E-state index contributed by atoms with van der Waals surface area (Å²) in [5.74, 6) is 0.369. The SMILES string of the molecule is Cc1nn(C)c(C)c1CC(=O)OCc1cc2ccccc2o1. The van der Waals surface area contributed by atoms with Crippen LogP contribution in [0.1, 0.15) is 22.7 Å². The molecular weight excluding hydrogens is 280 g/mol. The number of furan rings is 1. The standard InChI is InChI=1S/C17H18N2O3/c1-11-15(12(2)19(3)18-11)9-17(20)21-10-14-8-13-6-4-5-7-16(13)22-14/h4-8H,9-10H2,1-3H3. The lowest BCUT2D eigenvalue weighted by Crippen LogP contribution is -2.09. The van der Waals surface area contributed by atoms with E-state index in [1.54, 1.807) is 4.68 Å². The molecule has 0 N–H and O–H groups in total. The minimum absolute atomic E-state index is 0.145. The fourth-order valence-electron chi connectivity index (χ4n) is 2.53. The lowest BCUT2D eigenvalue weighted by Gasteiger charge is -2.03. The fraction of sp³-hybridized carbons (Fsp3) is 0.294. The summed E-state index contributed by atoms with van der Waals surface area (Å²) in [6.45, 7) is 3.99.